The number of hydrogen-bond donors (Lipinski definition) is 0. The first kappa shape index (κ1) is 13.6. The summed E-state index contributed by atoms with van der Waals surface area (Å²) < 4.78 is 5.33. The molecule has 0 unspecified atom stereocenters. The predicted molar refractivity (Wildman–Crippen MR) is 84.4 cm³/mol. The van der Waals surface area contributed by atoms with Crippen LogP contribution in [0.2, 0.25) is 5.02 Å². The van der Waals surface area contributed by atoms with E-state index in [1.165, 1.54) is 0 Å². The maximum atomic E-state index is 11.9. The number of halogens is 1. The molecule has 2 heterocycles. The Kier molecular flexibility index (Phi) is 3.76. The molecule has 1 aliphatic rings. The summed E-state index contributed by atoms with van der Waals surface area (Å²) in [7, 11) is 1.93. The number of fused-ring (bicyclic) bond motifs is 1. The quantitative estimate of drug-likeness (QED) is 0.844. The Hall–Kier alpha value is -1.39. The van der Waals surface area contributed by atoms with Crippen molar-refractivity contribution < 1.29 is 4.42 Å². The van der Waals surface area contributed by atoms with Gasteiger partial charge in [0.2, 0.25) is 0 Å². The van der Waals surface area contributed by atoms with Gasteiger partial charge in [-0.3, -0.25) is 0 Å². The highest BCUT2D eigenvalue weighted by Crippen LogP contribution is 2.38. The number of hydrogen-bond acceptors (Lipinski definition) is 4. The third-order valence-electron chi connectivity index (χ3n) is 3.42. The van der Waals surface area contributed by atoms with Crippen LogP contribution >= 0.6 is 23.4 Å². The molecule has 0 radical (unpaired) electrons. The Labute approximate surface area is 126 Å². The molecule has 1 aromatic heterocycles. The molecule has 0 aliphatic carbocycles. The lowest BCUT2D eigenvalue weighted by molar-refractivity contribution is 0.459. The molecule has 0 spiro atoms. The summed E-state index contributed by atoms with van der Waals surface area (Å²) in [6, 6.07) is 9.88. The minimum Gasteiger partial charge on any atom is -0.426 e. The first-order valence-electron chi connectivity index (χ1n) is 6.39. The Bertz CT molecular complexity index is 684. The van der Waals surface area contributed by atoms with Crippen LogP contribution in [0.25, 0.3) is 0 Å². The van der Waals surface area contributed by atoms with Crippen LogP contribution in [0.3, 0.4) is 0 Å². The third kappa shape index (κ3) is 2.34. The van der Waals surface area contributed by atoms with Crippen LogP contribution in [0.4, 0.5) is 11.4 Å². The lowest BCUT2D eigenvalue weighted by atomic mass is 10.1. The zero-order chi connectivity index (χ0) is 14.1. The molecule has 0 saturated heterocycles. The van der Waals surface area contributed by atoms with E-state index in [0.717, 1.165) is 40.6 Å². The molecular weight excluding hydrogens is 294 g/mol. The highest BCUT2D eigenvalue weighted by molar-refractivity contribution is 7.98. The average molecular weight is 308 g/mol. The van der Waals surface area contributed by atoms with Crippen LogP contribution in [0, 0.1) is 0 Å². The molecule has 0 bridgehead atoms. The van der Waals surface area contributed by atoms with Crippen molar-refractivity contribution in [1.82, 2.24) is 0 Å². The van der Waals surface area contributed by atoms with Crippen LogP contribution in [0.15, 0.2) is 39.5 Å². The summed E-state index contributed by atoms with van der Waals surface area (Å²) in [5.74, 6) is 2.58. The first-order chi connectivity index (χ1) is 9.68. The monoisotopic (exact) mass is 307 g/mol. The first-order valence-corrected chi connectivity index (χ1v) is 7.92. The maximum absolute atomic E-state index is 11.9. The molecule has 0 atom stereocenters. The van der Waals surface area contributed by atoms with E-state index in [2.05, 4.69) is 0 Å². The second-order valence-electron chi connectivity index (χ2n) is 4.65. The minimum atomic E-state index is -0.449. The number of anilines is 2. The average Bonchev–Trinajstić information content (AvgIpc) is 2.49. The molecular formula is C15H14ClNO2S. The summed E-state index contributed by atoms with van der Waals surface area (Å²) in [6.45, 7) is 0. The van der Waals surface area contributed by atoms with E-state index in [0.29, 0.717) is 0 Å². The fraction of sp³-hybridized carbons (Fsp3) is 0.267. The van der Waals surface area contributed by atoms with E-state index < -0.39 is 5.63 Å². The second kappa shape index (κ2) is 5.54. The molecule has 1 aromatic carbocycles. The summed E-state index contributed by atoms with van der Waals surface area (Å²) in [5.41, 5.74) is 2.36. The molecule has 2 aromatic rings. The maximum Gasteiger partial charge on any atom is 0.357 e. The predicted octanol–water partition coefficient (Wildman–Crippen LogP) is 3.85. The highest BCUT2D eigenvalue weighted by Gasteiger charge is 2.24. The van der Waals surface area contributed by atoms with Gasteiger partial charge >= 0.3 is 5.63 Å². The molecule has 3 nitrogen and oxygen atoms in total. The van der Waals surface area contributed by atoms with Gasteiger partial charge in [0.15, 0.2) is 0 Å². The zero-order valence-electron chi connectivity index (χ0n) is 11.1. The van der Waals surface area contributed by atoms with Gasteiger partial charge < -0.3 is 9.32 Å². The van der Waals surface area contributed by atoms with Gasteiger partial charge in [0, 0.05) is 36.2 Å². The van der Waals surface area contributed by atoms with Crippen molar-refractivity contribution in [1.29, 1.82) is 0 Å². The Balaban J connectivity index is 2.17. The van der Waals surface area contributed by atoms with E-state index in [-0.39, 0.29) is 5.02 Å². The van der Waals surface area contributed by atoms with Gasteiger partial charge in [0.05, 0.1) is 5.69 Å². The van der Waals surface area contributed by atoms with E-state index in [4.69, 9.17) is 16.0 Å². The molecule has 0 N–H and O–H groups in total. The van der Waals surface area contributed by atoms with Crippen LogP contribution < -0.4 is 10.5 Å². The van der Waals surface area contributed by atoms with Crippen molar-refractivity contribution in [3.8, 4) is 0 Å². The number of nitrogens with zero attached hydrogens (tertiary/aromatic N) is 1. The van der Waals surface area contributed by atoms with Crippen molar-refractivity contribution in [2.75, 3.05) is 17.7 Å². The molecule has 0 fully saturated rings. The van der Waals surface area contributed by atoms with Gasteiger partial charge in [-0.15, -0.1) is 0 Å². The summed E-state index contributed by atoms with van der Waals surface area (Å²) in [6.07, 6.45) is 0.780. The molecule has 104 valence electrons. The molecule has 3 rings (SSSR count). The molecule has 1 aliphatic heterocycles. The zero-order valence-corrected chi connectivity index (χ0v) is 12.6. The number of thioether (sulfide) groups is 1. The smallest absolute Gasteiger partial charge is 0.357 e. The van der Waals surface area contributed by atoms with E-state index in [1.807, 2.05) is 54.0 Å². The van der Waals surface area contributed by atoms with Crippen molar-refractivity contribution in [3.63, 3.8) is 0 Å². The topological polar surface area (TPSA) is 33.5 Å². The lowest BCUT2D eigenvalue weighted by Crippen LogP contribution is -2.19. The Morgan fingerprint density at radius 2 is 2.05 bits per heavy atom. The van der Waals surface area contributed by atoms with E-state index in [9.17, 15) is 4.79 Å². The van der Waals surface area contributed by atoms with Gasteiger partial charge in [0.25, 0.3) is 0 Å². The SMILES string of the molecule is CN(c1ccccc1)c1c2c(oc(=O)c1Cl)CCSC2. The van der Waals surface area contributed by atoms with Crippen LogP contribution in [0.5, 0.6) is 0 Å². The van der Waals surface area contributed by atoms with E-state index >= 15 is 0 Å². The Morgan fingerprint density at radius 3 is 2.80 bits per heavy atom. The number of benzene rings is 1. The van der Waals surface area contributed by atoms with Gasteiger partial charge in [-0.1, -0.05) is 29.8 Å². The summed E-state index contributed by atoms with van der Waals surface area (Å²) in [5, 5.41) is 0.164. The molecule has 20 heavy (non-hydrogen) atoms. The summed E-state index contributed by atoms with van der Waals surface area (Å²) >= 11 is 8.05. The fourth-order valence-electron chi connectivity index (χ4n) is 2.40. The van der Waals surface area contributed by atoms with Crippen LogP contribution in [-0.2, 0) is 12.2 Å². The summed E-state index contributed by atoms with van der Waals surface area (Å²) in [4.78, 5) is 13.9. The van der Waals surface area contributed by atoms with Crippen molar-refractivity contribution in [2.24, 2.45) is 0 Å². The standard InChI is InChI=1S/C15H14ClNO2S/c1-17(10-5-3-2-4-6-10)14-11-9-20-8-7-12(11)19-15(18)13(14)16/h2-6H,7-9H2,1H3. The van der Waals surface area contributed by atoms with Crippen LogP contribution in [-0.4, -0.2) is 12.8 Å². The largest absolute Gasteiger partial charge is 0.426 e. The van der Waals surface area contributed by atoms with E-state index in [1.54, 1.807) is 0 Å². The van der Waals surface area contributed by atoms with Gasteiger partial charge in [-0.2, -0.15) is 11.8 Å². The second-order valence-corrected chi connectivity index (χ2v) is 6.13. The Morgan fingerprint density at radius 1 is 1.30 bits per heavy atom. The van der Waals surface area contributed by atoms with Crippen molar-refractivity contribution in [2.45, 2.75) is 12.2 Å². The van der Waals surface area contributed by atoms with Crippen molar-refractivity contribution >= 4 is 34.7 Å². The number of para-hydroxylation sites is 1. The third-order valence-corrected chi connectivity index (χ3v) is 4.74. The highest BCUT2D eigenvalue weighted by atomic mass is 35.5. The van der Waals surface area contributed by atoms with Gasteiger partial charge in [-0.25, -0.2) is 4.79 Å². The number of aryl methyl sites for hydroxylation is 1. The fourth-order valence-corrected chi connectivity index (χ4v) is 3.66. The number of rotatable bonds is 2. The molecule has 5 heteroatoms. The van der Waals surface area contributed by atoms with Gasteiger partial charge in [-0.05, 0) is 12.1 Å². The van der Waals surface area contributed by atoms with Crippen LogP contribution in [0.1, 0.15) is 11.3 Å². The molecule has 0 amide bonds. The van der Waals surface area contributed by atoms with Crippen molar-refractivity contribution in [3.05, 3.63) is 57.1 Å². The van der Waals surface area contributed by atoms with Gasteiger partial charge in [0.1, 0.15) is 10.8 Å². The minimum absolute atomic E-state index is 0.164. The molecule has 0 saturated carbocycles. The normalized spacial score (nSPS) is 13.9. The lowest BCUT2D eigenvalue weighted by Gasteiger charge is -2.26.